The van der Waals surface area contributed by atoms with Gasteiger partial charge in [-0.2, -0.15) is 0 Å². The molecule has 7 heteroatoms. The molecule has 3 heterocycles. The van der Waals surface area contributed by atoms with E-state index < -0.39 is 0 Å². The Labute approximate surface area is 126 Å². The average molecular weight is 357 g/mol. The lowest BCUT2D eigenvalue weighted by molar-refractivity contribution is -0.139. The summed E-state index contributed by atoms with van der Waals surface area (Å²) in [6.07, 6.45) is 0.654. The number of halogens is 1. The topological polar surface area (TPSA) is 50.3 Å². The Hall–Kier alpha value is -1.05. The number of rotatable bonds is 3. The van der Waals surface area contributed by atoms with Crippen LogP contribution in [0.1, 0.15) is 17.8 Å². The summed E-state index contributed by atoms with van der Waals surface area (Å²) < 4.78 is 1.02. The highest BCUT2D eigenvalue weighted by Crippen LogP contribution is 2.34. The molecule has 0 saturated carbocycles. The second-order valence-electron chi connectivity index (χ2n) is 4.10. The van der Waals surface area contributed by atoms with Crippen LogP contribution in [-0.2, 0) is 16.1 Å². The van der Waals surface area contributed by atoms with Crippen LogP contribution in [0.25, 0.3) is 10.6 Å². The smallest absolute Gasteiger partial charge is 0.230 e. The van der Waals surface area contributed by atoms with Crippen molar-refractivity contribution in [2.75, 3.05) is 0 Å². The SMILES string of the molecule is O=C1CCC(=O)N1Cc1nc(-c2sccc2Br)cs1. The van der Waals surface area contributed by atoms with Gasteiger partial charge in [0.15, 0.2) is 0 Å². The van der Waals surface area contributed by atoms with Crippen molar-refractivity contribution in [1.29, 1.82) is 0 Å². The lowest BCUT2D eigenvalue weighted by Crippen LogP contribution is -2.28. The van der Waals surface area contributed by atoms with Gasteiger partial charge in [-0.15, -0.1) is 22.7 Å². The normalized spacial score (nSPS) is 15.5. The van der Waals surface area contributed by atoms with Gasteiger partial charge in [-0.3, -0.25) is 14.5 Å². The summed E-state index contributed by atoms with van der Waals surface area (Å²) in [6.45, 7) is 0.297. The van der Waals surface area contributed by atoms with Crippen molar-refractivity contribution in [3.8, 4) is 10.6 Å². The second kappa shape index (κ2) is 5.15. The summed E-state index contributed by atoms with van der Waals surface area (Å²) in [5.74, 6) is -0.196. The first-order chi connectivity index (χ1) is 9.15. The molecule has 3 rings (SSSR count). The number of amides is 2. The summed E-state index contributed by atoms with van der Waals surface area (Å²) in [4.78, 5) is 30.0. The zero-order valence-corrected chi connectivity index (χ0v) is 13.0. The van der Waals surface area contributed by atoms with Crippen LogP contribution in [0.4, 0.5) is 0 Å². The molecule has 1 aliphatic heterocycles. The third kappa shape index (κ3) is 2.50. The van der Waals surface area contributed by atoms with Gasteiger partial charge >= 0.3 is 0 Å². The number of imide groups is 1. The first-order valence-corrected chi connectivity index (χ1v) is 8.21. The molecule has 2 aromatic rings. The van der Waals surface area contributed by atoms with E-state index in [9.17, 15) is 9.59 Å². The Morgan fingerprint density at radius 1 is 1.26 bits per heavy atom. The Kier molecular flexibility index (Phi) is 3.51. The number of hydrogen-bond donors (Lipinski definition) is 0. The number of carbonyl (C=O) groups excluding carboxylic acids is 2. The van der Waals surface area contributed by atoms with Gasteiger partial charge in [0.1, 0.15) is 5.01 Å². The van der Waals surface area contributed by atoms with E-state index in [0.717, 1.165) is 20.1 Å². The molecule has 4 nitrogen and oxygen atoms in total. The van der Waals surface area contributed by atoms with Crippen LogP contribution in [0.3, 0.4) is 0 Å². The Morgan fingerprint density at radius 3 is 2.63 bits per heavy atom. The molecule has 0 aromatic carbocycles. The van der Waals surface area contributed by atoms with E-state index in [2.05, 4.69) is 20.9 Å². The van der Waals surface area contributed by atoms with Gasteiger partial charge in [-0.25, -0.2) is 4.98 Å². The van der Waals surface area contributed by atoms with Gasteiger partial charge in [0.05, 0.1) is 17.1 Å². The molecule has 2 amide bonds. The summed E-state index contributed by atoms with van der Waals surface area (Å²) in [5.41, 5.74) is 0.890. The number of aromatic nitrogens is 1. The third-order valence-electron chi connectivity index (χ3n) is 2.85. The van der Waals surface area contributed by atoms with Crippen molar-refractivity contribution in [2.24, 2.45) is 0 Å². The van der Waals surface area contributed by atoms with E-state index in [0.29, 0.717) is 19.4 Å². The van der Waals surface area contributed by atoms with E-state index in [1.54, 1.807) is 11.3 Å². The van der Waals surface area contributed by atoms with Gasteiger partial charge in [0, 0.05) is 22.7 Å². The Balaban J connectivity index is 1.81. The van der Waals surface area contributed by atoms with Crippen molar-refractivity contribution in [2.45, 2.75) is 19.4 Å². The molecule has 0 N–H and O–H groups in total. The van der Waals surface area contributed by atoms with Crippen LogP contribution < -0.4 is 0 Å². The molecular weight excluding hydrogens is 348 g/mol. The zero-order valence-electron chi connectivity index (χ0n) is 9.76. The summed E-state index contributed by atoms with van der Waals surface area (Å²) >= 11 is 6.56. The van der Waals surface area contributed by atoms with E-state index in [1.807, 2.05) is 16.8 Å². The van der Waals surface area contributed by atoms with Gasteiger partial charge in [0.2, 0.25) is 11.8 Å². The standard InChI is InChI=1S/C12H9BrN2O2S2/c13-7-3-4-18-12(7)8-6-19-9(14-8)5-15-10(16)1-2-11(15)17/h3-4,6H,1-2,5H2. The molecule has 0 spiro atoms. The third-order valence-corrected chi connectivity index (χ3v) is 5.54. The van der Waals surface area contributed by atoms with Crippen LogP contribution in [-0.4, -0.2) is 21.7 Å². The maximum atomic E-state index is 11.6. The van der Waals surface area contributed by atoms with Crippen LogP contribution in [0.5, 0.6) is 0 Å². The fourth-order valence-corrected chi connectivity index (χ4v) is 4.28. The highest BCUT2D eigenvalue weighted by atomic mass is 79.9. The molecule has 1 aliphatic rings. The zero-order chi connectivity index (χ0) is 13.4. The number of thiophene rings is 1. The van der Waals surface area contributed by atoms with Crippen molar-refractivity contribution in [3.63, 3.8) is 0 Å². The highest BCUT2D eigenvalue weighted by molar-refractivity contribution is 9.10. The molecule has 0 bridgehead atoms. The number of thiazole rings is 1. The maximum absolute atomic E-state index is 11.6. The van der Waals surface area contributed by atoms with E-state index in [-0.39, 0.29) is 11.8 Å². The molecule has 0 aliphatic carbocycles. The molecule has 19 heavy (non-hydrogen) atoms. The fraction of sp³-hybridized carbons (Fsp3) is 0.250. The lowest BCUT2D eigenvalue weighted by Gasteiger charge is -2.10. The molecule has 0 radical (unpaired) electrons. The van der Waals surface area contributed by atoms with Crippen LogP contribution in [0, 0.1) is 0 Å². The average Bonchev–Trinajstić information content (AvgIpc) is 3.06. The summed E-state index contributed by atoms with van der Waals surface area (Å²) in [7, 11) is 0. The Bertz CT molecular complexity index is 634. The van der Waals surface area contributed by atoms with Gasteiger partial charge in [-0.1, -0.05) is 0 Å². The van der Waals surface area contributed by atoms with Gasteiger partial charge in [-0.05, 0) is 27.4 Å². The van der Waals surface area contributed by atoms with Crippen molar-refractivity contribution in [3.05, 3.63) is 26.3 Å². The predicted octanol–water partition coefficient (Wildman–Crippen LogP) is 3.28. The quantitative estimate of drug-likeness (QED) is 0.792. The molecule has 98 valence electrons. The van der Waals surface area contributed by atoms with Crippen LogP contribution in [0.2, 0.25) is 0 Å². The maximum Gasteiger partial charge on any atom is 0.230 e. The first-order valence-electron chi connectivity index (χ1n) is 5.66. The lowest BCUT2D eigenvalue weighted by atomic mass is 10.4. The molecule has 1 fully saturated rings. The molecule has 2 aromatic heterocycles. The summed E-state index contributed by atoms with van der Waals surface area (Å²) in [5, 5.41) is 4.74. The molecule has 0 atom stereocenters. The minimum atomic E-state index is -0.0981. The predicted molar refractivity (Wildman–Crippen MR) is 77.9 cm³/mol. The van der Waals surface area contributed by atoms with Crippen LogP contribution >= 0.6 is 38.6 Å². The monoisotopic (exact) mass is 356 g/mol. The molecule has 0 unspecified atom stereocenters. The minimum Gasteiger partial charge on any atom is -0.276 e. The number of hydrogen-bond acceptors (Lipinski definition) is 5. The van der Waals surface area contributed by atoms with Crippen molar-refractivity contribution < 1.29 is 9.59 Å². The van der Waals surface area contributed by atoms with Gasteiger partial charge < -0.3 is 0 Å². The van der Waals surface area contributed by atoms with Crippen LogP contribution in [0.15, 0.2) is 21.3 Å². The highest BCUT2D eigenvalue weighted by Gasteiger charge is 2.29. The number of carbonyl (C=O) groups is 2. The van der Waals surface area contributed by atoms with E-state index >= 15 is 0 Å². The molecule has 1 saturated heterocycles. The second-order valence-corrected chi connectivity index (χ2v) is 6.81. The largest absolute Gasteiger partial charge is 0.276 e. The summed E-state index contributed by atoms with van der Waals surface area (Å²) in [6, 6.07) is 1.98. The van der Waals surface area contributed by atoms with Crippen molar-refractivity contribution >= 4 is 50.4 Å². The first kappa shape index (κ1) is 13.0. The van der Waals surface area contributed by atoms with E-state index in [1.165, 1.54) is 16.2 Å². The number of likely N-dealkylation sites (tertiary alicyclic amines) is 1. The Morgan fingerprint density at radius 2 is 2.00 bits per heavy atom. The minimum absolute atomic E-state index is 0.0981. The fourth-order valence-electron chi connectivity index (χ4n) is 1.90. The molecular formula is C12H9BrN2O2S2. The number of nitrogens with zero attached hydrogens (tertiary/aromatic N) is 2. The van der Waals surface area contributed by atoms with Crippen molar-refractivity contribution in [1.82, 2.24) is 9.88 Å². The van der Waals surface area contributed by atoms with Gasteiger partial charge in [0.25, 0.3) is 0 Å². The van der Waals surface area contributed by atoms with E-state index in [4.69, 9.17) is 0 Å².